The van der Waals surface area contributed by atoms with Gasteiger partial charge in [0.25, 0.3) is 0 Å². The molecule has 1 saturated heterocycles. The molecule has 0 bridgehead atoms. The molecule has 0 amide bonds. The first-order valence-corrected chi connectivity index (χ1v) is 13.5. The molecule has 14 nitrogen and oxygen atoms in total. The molecule has 38 heavy (non-hydrogen) atoms. The Morgan fingerprint density at radius 3 is 2.53 bits per heavy atom. The van der Waals surface area contributed by atoms with E-state index in [1.165, 1.54) is 31.1 Å². The van der Waals surface area contributed by atoms with Crippen LogP contribution in [0.4, 0.5) is 5.82 Å². The molecule has 2 aromatic heterocycles. The van der Waals surface area contributed by atoms with Crippen LogP contribution in [0.25, 0.3) is 11.2 Å². The van der Waals surface area contributed by atoms with Gasteiger partial charge < -0.3 is 29.9 Å². The number of nitrogens with zero attached hydrogens (tertiary/aromatic N) is 4. The van der Waals surface area contributed by atoms with Gasteiger partial charge in [0.1, 0.15) is 41.9 Å². The maximum atomic E-state index is 13.9. The van der Waals surface area contributed by atoms with Crippen molar-refractivity contribution in [2.75, 3.05) is 5.73 Å². The van der Waals surface area contributed by atoms with E-state index in [0.29, 0.717) is 11.2 Å². The van der Waals surface area contributed by atoms with Gasteiger partial charge in [-0.2, -0.15) is 5.09 Å². The fraction of sp³-hybridized carbons (Fsp3) is 0.478. The van der Waals surface area contributed by atoms with Crippen molar-refractivity contribution in [3.05, 3.63) is 43.0 Å². The molecule has 1 aromatic carbocycles. The summed E-state index contributed by atoms with van der Waals surface area (Å²) in [6.07, 6.45) is -4.00. The number of nitrogens with one attached hydrogen (secondary N) is 1. The average molecular weight is 551 g/mol. The molecule has 7 atom stereocenters. The Hall–Kier alpha value is -3.13. The van der Waals surface area contributed by atoms with Crippen molar-refractivity contribution in [3.8, 4) is 5.75 Å². The molecule has 0 aliphatic carbocycles. The van der Waals surface area contributed by atoms with Crippen molar-refractivity contribution in [1.29, 1.82) is 0 Å². The molecule has 4 rings (SSSR count). The number of aliphatic hydroxyl groups excluding tert-OH is 2. The molecule has 0 spiro atoms. The topological polar surface area (TPSA) is 193 Å². The molecule has 1 aliphatic rings. The molecule has 15 heteroatoms. The van der Waals surface area contributed by atoms with Gasteiger partial charge in [0.2, 0.25) is 0 Å². The Labute approximate surface area is 218 Å². The lowest BCUT2D eigenvalue weighted by atomic mass is 10.1. The Morgan fingerprint density at radius 2 is 1.84 bits per heavy atom. The summed E-state index contributed by atoms with van der Waals surface area (Å²) in [5.41, 5.74) is 6.44. The molecular weight excluding hydrogens is 519 g/mol. The van der Waals surface area contributed by atoms with E-state index in [4.69, 9.17) is 24.3 Å². The van der Waals surface area contributed by atoms with Gasteiger partial charge in [0.05, 0.1) is 18.5 Å². The fourth-order valence-electron chi connectivity index (χ4n) is 3.96. The van der Waals surface area contributed by atoms with Gasteiger partial charge in [-0.15, -0.1) is 0 Å². The molecule has 1 unspecified atom stereocenters. The summed E-state index contributed by atoms with van der Waals surface area (Å²) in [5, 5.41) is 24.2. The minimum atomic E-state index is -4.25. The zero-order valence-corrected chi connectivity index (χ0v) is 22.1. The first-order valence-electron chi connectivity index (χ1n) is 11.9. The molecule has 0 radical (unpaired) electrons. The number of esters is 1. The number of hydrogen-bond donors (Lipinski definition) is 4. The van der Waals surface area contributed by atoms with Crippen LogP contribution in [0.15, 0.2) is 43.0 Å². The summed E-state index contributed by atoms with van der Waals surface area (Å²) in [7, 11) is -4.25. The van der Waals surface area contributed by atoms with Gasteiger partial charge in [-0.3, -0.25) is 13.9 Å². The van der Waals surface area contributed by atoms with E-state index >= 15 is 0 Å². The molecule has 3 aromatic rings. The normalized spacial score (nSPS) is 24.7. The van der Waals surface area contributed by atoms with Gasteiger partial charge in [-0.05, 0) is 39.8 Å². The summed E-state index contributed by atoms with van der Waals surface area (Å²) < 4.78 is 37.8. The van der Waals surface area contributed by atoms with Crippen LogP contribution >= 0.6 is 7.75 Å². The number of fused-ring (bicyclic) bond motifs is 1. The van der Waals surface area contributed by atoms with Crippen molar-refractivity contribution < 1.29 is 38.1 Å². The zero-order chi connectivity index (χ0) is 27.6. The molecule has 5 N–H and O–H groups in total. The predicted molar refractivity (Wildman–Crippen MR) is 135 cm³/mol. The summed E-state index contributed by atoms with van der Waals surface area (Å²) in [6, 6.07) is 7.18. The minimum Gasteiger partial charge on any atom is -0.462 e. The van der Waals surface area contributed by atoms with Crippen LogP contribution in [0.3, 0.4) is 0 Å². The molecule has 1 fully saturated rings. The summed E-state index contributed by atoms with van der Waals surface area (Å²) >= 11 is 0. The Balaban J connectivity index is 1.55. The predicted octanol–water partition coefficient (Wildman–Crippen LogP) is 1.55. The highest BCUT2D eigenvalue weighted by atomic mass is 31.2. The second kappa shape index (κ2) is 11.3. The van der Waals surface area contributed by atoms with Crippen molar-refractivity contribution >= 4 is 30.7 Å². The van der Waals surface area contributed by atoms with Crippen LogP contribution < -0.4 is 15.3 Å². The van der Waals surface area contributed by atoms with Crippen molar-refractivity contribution in [2.24, 2.45) is 0 Å². The van der Waals surface area contributed by atoms with E-state index in [0.717, 1.165) is 0 Å². The first-order chi connectivity index (χ1) is 18.0. The van der Waals surface area contributed by atoms with Crippen molar-refractivity contribution in [3.63, 3.8) is 0 Å². The van der Waals surface area contributed by atoms with Gasteiger partial charge in [-0.1, -0.05) is 18.2 Å². The monoisotopic (exact) mass is 550 g/mol. The highest BCUT2D eigenvalue weighted by Gasteiger charge is 2.49. The number of hydrogen-bond acceptors (Lipinski definition) is 12. The number of aromatic nitrogens is 4. The maximum Gasteiger partial charge on any atom is 0.459 e. The number of carbonyl (C=O) groups excluding carboxylic acids is 1. The van der Waals surface area contributed by atoms with Crippen molar-refractivity contribution in [1.82, 2.24) is 24.6 Å². The number of carbonyl (C=O) groups is 1. The Bertz CT molecular complexity index is 1310. The average Bonchev–Trinajstić information content (AvgIpc) is 3.41. The van der Waals surface area contributed by atoms with Crippen LogP contribution in [-0.4, -0.2) is 72.3 Å². The van der Waals surface area contributed by atoms with Crippen LogP contribution in [0, 0.1) is 0 Å². The van der Waals surface area contributed by atoms with Crippen LogP contribution in [0.1, 0.15) is 33.9 Å². The quantitative estimate of drug-likeness (QED) is 0.210. The zero-order valence-electron chi connectivity index (χ0n) is 21.2. The third-order valence-electron chi connectivity index (χ3n) is 5.73. The Morgan fingerprint density at radius 1 is 1.13 bits per heavy atom. The van der Waals surface area contributed by atoms with Crippen LogP contribution in [0.2, 0.25) is 0 Å². The number of imidazole rings is 1. The second-order valence-electron chi connectivity index (χ2n) is 9.10. The van der Waals surface area contributed by atoms with E-state index in [1.807, 2.05) is 0 Å². The number of benzene rings is 1. The highest BCUT2D eigenvalue weighted by Crippen LogP contribution is 2.48. The molecule has 0 saturated carbocycles. The summed E-state index contributed by atoms with van der Waals surface area (Å²) in [6.45, 7) is 6.33. The van der Waals surface area contributed by atoms with E-state index < -0.39 is 50.4 Å². The van der Waals surface area contributed by atoms with E-state index in [2.05, 4.69) is 20.0 Å². The number of para-hydroxylation sites is 1. The standard InChI is InChI=1S/C23H31N6O8P/c1-12(2)34-23(32)13(3)28-38(33,37-15-8-6-5-7-9-15)36-14(4)19-17(30)18(31)22(35-19)29-11-27-16-20(24)25-10-26-21(16)29/h5-14,17-19,22,30-31H,1-4H3,(H,28,33)(H2,24,25,26)/t13-,14-,17-,18+,19+,22+,38?/m0/s1. The molecule has 206 valence electrons. The molecule has 3 heterocycles. The van der Waals surface area contributed by atoms with E-state index in [1.54, 1.807) is 44.2 Å². The minimum absolute atomic E-state index is 0.144. The lowest BCUT2D eigenvalue weighted by molar-refractivity contribution is -0.149. The first kappa shape index (κ1) is 27.9. The lowest BCUT2D eigenvalue weighted by Gasteiger charge is -2.28. The number of rotatable bonds is 10. The van der Waals surface area contributed by atoms with Crippen LogP contribution in [-0.2, 0) is 23.4 Å². The van der Waals surface area contributed by atoms with Crippen molar-refractivity contribution in [2.45, 2.75) is 70.5 Å². The molecular formula is C23H31N6O8P. The maximum absolute atomic E-state index is 13.9. The summed E-state index contributed by atoms with van der Waals surface area (Å²) in [4.78, 5) is 24.6. The number of aliphatic hydroxyl groups is 2. The third kappa shape index (κ3) is 5.96. The summed E-state index contributed by atoms with van der Waals surface area (Å²) in [5.74, 6) is -0.299. The largest absolute Gasteiger partial charge is 0.462 e. The number of anilines is 1. The van der Waals surface area contributed by atoms with E-state index in [9.17, 15) is 19.6 Å². The van der Waals surface area contributed by atoms with Gasteiger partial charge in [0, 0.05) is 0 Å². The SMILES string of the molecule is CC(C)OC(=O)[C@H](C)NP(=O)(Oc1ccccc1)O[C@@H](C)[C@H]1O[C@@H](n2cnc3c(N)ncnc32)[C@H](O)[C@@H]1O. The third-order valence-corrected chi connectivity index (χ3v) is 7.49. The lowest BCUT2D eigenvalue weighted by Crippen LogP contribution is -2.41. The van der Waals surface area contributed by atoms with Gasteiger partial charge >= 0.3 is 13.7 Å². The molecule has 1 aliphatic heterocycles. The van der Waals surface area contributed by atoms with Gasteiger partial charge in [0.15, 0.2) is 17.7 Å². The van der Waals surface area contributed by atoms with Crippen LogP contribution in [0.5, 0.6) is 5.75 Å². The van der Waals surface area contributed by atoms with E-state index in [-0.39, 0.29) is 17.7 Å². The highest BCUT2D eigenvalue weighted by molar-refractivity contribution is 7.52. The van der Waals surface area contributed by atoms with Gasteiger partial charge in [-0.25, -0.2) is 19.5 Å². The number of ether oxygens (including phenoxy) is 2. The fourth-order valence-corrected chi connectivity index (χ4v) is 5.65. The number of nitrogens with two attached hydrogens (primary N) is 1. The number of nitrogen functional groups attached to an aromatic ring is 1. The Kier molecular flexibility index (Phi) is 8.31. The smallest absolute Gasteiger partial charge is 0.459 e. The second-order valence-corrected chi connectivity index (χ2v) is 10.8.